The minimum absolute atomic E-state index is 0.333. The molecule has 0 aromatic heterocycles. The Labute approximate surface area is 81.2 Å². The summed E-state index contributed by atoms with van der Waals surface area (Å²) in [7, 11) is 0. The van der Waals surface area contributed by atoms with Crippen LogP contribution in [0.25, 0.3) is 0 Å². The van der Waals surface area contributed by atoms with Gasteiger partial charge in [0.1, 0.15) is 0 Å². The van der Waals surface area contributed by atoms with Gasteiger partial charge in [-0.15, -0.1) is 0 Å². The maximum absolute atomic E-state index is 11.5. The summed E-state index contributed by atoms with van der Waals surface area (Å²) in [4.78, 5) is 11.5. The van der Waals surface area contributed by atoms with Crippen molar-refractivity contribution in [2.45, 2.75) is 52.9 Å². The number of Topliss-reactive ketones (excluding diaryl/α,β-unsaturated/α-hetero) is 1. The van der Waals surface area contributed by atoms with Gasteiger partial charge in [-0.1, -0.05) is 33.3 Å². The van der Waals surface area contributed by atoms with E-state index in [4.69, 9.17) is 0 Å². The third-order valence-electron chi connectivity index (χ3n) is 3.15. The molecular formula is C12H20O. The highest BCUT2D eigenvalue weighted by Crippen LogP contribution is 2.28. The van der Waals surface area contributed by atoms with Crippen LogP contribution in [0.2, 0.25) is 0 Å². The van der Waals surface area contributed by atoms with E-state index in [0.29, 0.717) is 11.2 Å². The van der Waals surface area contributed by atoms with Crippen molar-refractivity contribution < 1.29 is 4.79 Å². The third kappa shape index (κ3) is 2.98. The fraction of sp³-hybridized carbons (Fsp3) is 0.750. The molecule has 1 rings (SSSR count). The Bertz CT molecular complexity index is 223. The molecule has 0 saturated heterocycles. The van der Waals surface area contributed by atoms with E-state index in [2.05, 4.69) is 26.8 Å². The van der Waals surface area contributed by atoms with Crippen molar-refractivity contribution in [1.29, 1.82) is 0 Å². The highest BCUT2D eigenvalue weighted by Gasteiger charge is 2.20. The van der Waals surface area contributed by atoms with E-state index in [0.717, 1.165) is 37.7 Å². The van der Waals surface area contributed by atoms with Gasteiger partial charge in [-0.25, -0.2) is 0 Å². The van der Waals surface area contributed by atoms with Crippen LogP contribution in [0.3, 0.4) is 0 Å². The Morgan fingerprint density at radius 2 is 2.15 bits per heavy atom. The number of hydrogen-bond donors (Lipinski definition) is 0. The van der Waals surface area contributed by atoms with Crippen molar-refractivity contribution in [1.82, 2.24) is 0 Å². The fourth-order valence-corrected chi connectivity index (χ4v) is 1.33. The maximum atomic E-state index is 11.5. The van der Waals surface area contributed by atoms with Crippen LogP contribution in [0.1, 0.15) is 52.9 Å². The molecule has 0 atom stereocenters. The molecule has 0 unspecified atom stereocenters. The molecule has 0 bridgehead atoms. The van der Waals surface area contributed by atoms with E-state index >= 15 is 0 Å². The van der Waals surface area contributed by atoms with Gasteiger partial charge in [-0.3, -0.25) is 4.79 Å². The first-order valence-electron chi connectivity index (χ1n) is 5.27. The number of ketones is 1. The van der Waals surface area contributed by atoms with Gasteiger partial charge in [-0.2, -0.15) is 0 Å². The summed E-state index contributed by atoms with van der Waals surface area (Å²) in [5.41, 5.74) is 1.41. The zero-order valence-corrected chi connectivity index (χ0v) is 9.02. The van der Waals surface area contributed by atoms with Crippen LogP contribution in [0.15, 0.2) is 11.6 Å². The van der Waals surface area contributed by atoms with Gasteiger partial charge in [0.25, 0.3) is 0 Å². The lowest BCUT2D eigenvalue weighted by atomic mass is 9.82. The predicted molar refractivity (Wildman–Crippen MR) is 55.6 cm³/mol. The maximum Gasteiger partial charge on any atom is 0.158 e. The molecule has 0 heterocycles. The SMILES string of the molecule is CCC(C)(C)CCC(=O)C1=CCC1. The van der Waals surface area contributed by atoms with Crippen molar-refractivity contribution in [2.24, 2.45) is 5.41 Å². The van der Waals surface area contributed by atoms with Crippen LogP contribution in [0.4, 0.5) is 0 Å². The summed E-state index contributed by atoms with van der Waals surface area (Å²) in [5, 5.41) is 0. The molecule has 0 spiro atoms. The lowest BCUT2D eigenvalue weighted by Crippen LogP contribution is -2.15. The second-order valence-corrected chi connectivity index (χ2v) is 4.71. The van der Waals surface area contributed by atoms with E-state index in [9.17, 15) is 4.79 Å². The Morgan fingerprint density at radius 3 is 2.54 bits per heavy atom. The molecule has 1 nitrogen and oxygen atoms in total. The largest absolute Gasteiger partial charge is 0.295 e. The highest BCUT2D eigenvalue weighted by atomic mass is 16.1. The number of hydrogen-bond acceptors (Lipinski definition) is 1. The topological polar surface area (TPSA) is 17.1 Å². The number of allylic oxidation sites excluding steroid dienone is 2. The Hall–Kier alpha value is -0.590. The number of carbonyl (C=O) groups excluding carboxylic acids is 1. The van der Waals surface area contributed by atoms with Gasteiger partial charge in [0.15, 0.2) is 5.78 Å². The van der Waals surface area contributed by atoms with Crippen LogP contribution in [-0.2, 0) is 4.79 Å². The van der Waals surface area contributed by atoms with E-state index in [1.165, 1.54) is 0 Å². The first kappa shape index (κ1) is 10.5. The molecule has 1 heteroatoms. The van der Waals surface area contributed by atoms with Crippen LogP contribution in [0.5, 0.6) is 0 Å². The average Bonchev–Trinajstić information content (AvgIpc) is 1.98. The lowest BCUT2D eigenvalue weighted by molar-refractivity contribution is -0.116. The van der Waals surface area contributed by atoms with Gasteiger partial charge in [-0.05, 0) is 30.3 Å². The van der Waals surface area contributed by atoms with E-state index in [1.807, 2.05) is 0 Å². The number of rotatable bonds is 5. The normalized spacial score (nSPS) is 16.4. The lowest BCUT2D eigenvalue weighted by Gasteiger charge is -2.22. The average molecular weight is 180 g/mol. The van der Waals surface area contributed by atoms with E-state index in [1.54, 1.807) is 0 Å². The molecule has 0 N–H and O–H groups in total. The highest BCUT2D eigenvalue weighted by molar-refractivity contribution is 5.96. The molecule has 0 saturated carbocycles. The van der Waals surface area contributed by atoms with Crippen LogP contribution in [0, 0.1) is 5.41 Å². The van der Waals surface area contributed by atoms with Crippen LogP contribution >= 0.6 is 0 Å². The summed E-state index contributed by atoms with van der Waals surface area (Å²) < 4.78 is 0. The molecule has 0 aromatic carbocycles. The van der Waals surface area contributed by atoms with Crippen molar-refractivity contribution in [3.05, 3.63) is 11.6 Å². The molecule has 1 aliphatic carbocycles. The predicted octanol–water partition coefficient (Wildman–Crippen LogP) is 3.49. The standard InChI is InChI=1S/C12H20O/c1-4-12(2,3)9-8-11(13)10-6-5-7-10/h6H,4-5,7-9H2,1-3H3. The quantitative estimate of drug-likeness (QED) is 0.633. The molecule has 74 valence electrons. The molecular weight excluding hydrogens is 160 g/mol. The van der Waals surface area contributed by atoms with Gasteiger partial charge in [0.05, 0.1) is 0 Å². The first-order chi connectivity index (χ1) is 6.05. The molecule has 0 amide bonds. The minimum Gasteiger partial charge on any atom is -0.295 e. The van der Waals surface area contributed by atoms with Crippen LogP contribution < -0.4 is 0 Å². The molecule has 0 radical (unpaired) electrons. The van der Waals surface area contributed by atoms with E-state index < -0.39 is 0 Å². The van der Waals surface area contributed by atoms with Crippen molar-refractivity contribution >= 4 is 5.78 Å². The monoisotopic (exact) mass is 180 g/mol. The zero-order valence-electron chi connectivity index (χ0n) is 9.02. The summed E-state index contributed by atoms with van der Waals surface area (Å²) in [6.07, 6.45) is 7.12. The zero-order chi connectivity index (χ0) is 9.90. The smallest absolute Gasteiger partial charge is 0.158 e. The van der Waals surface area contributed by atoms with Crippen molar-refractivity contribution in [3.8, 4) is 0 Å². The van der Waals surface area contributed by atoms with Crippen LogP contribution in [-0.4, -0.2) is 5.78 Å². The van der Waals surface area contributed by atoms with Gasteiger partial charge in [0, 0.05) is 6.42 Å². The summed E-state index contributed by atoms with van der Waals surface area (Å²) >= 11 is 0. The molecule has 0 aliphatic heterocycles. The molecule has 0 aromatic rings. The molecule has 1 aliphatic rings. The second kappa shape index (κ2) is 4.08. The van der Waals surface area contributed by atoms with Crippen molar-refractivity contribution in [3.63, 3.8) is 0 Å². The van der Waals surface area contributed by atoms with Gasteiger partial charge in [0.2, 0.25) is 0 Å². The second-order valence-electron chi connectivity index (χ2n) is 4.71. The van der Waals surface area contributed by atoms with Crippen molar-refractivity contribution in [2.75, 3.05) is 0 Å². The summed E-state index contributed by atoms with van der Waals surface area (Å²) in [6.45, 7) is 6.65. The first-order valence-corrected chi connectivity index (χ1v) is 5.27. The number of carbonyl (C=O) groups is 1. The molecule has 13 heavy (non-hydrogen) atoms. The summed E-state index contributed by atoms with van der Waals surface area (Å²) in [5.74, 6) is 0.382. The Balaban J connectivity index is 2.29. The third-order valence-corrected chi connectivity index (χ3v) is 3.15. The molecule has 0 fully saturated rings. The van der Waals surface area contributed by atoms with Gasteiger partial charge >= 0.3 is 0 Å². The minimum atomic E-state index is 0.333. The van der Waals surface area contributed by atoms with E-state index in [-0.39, 0.29) is 0 Å². The summed E-state index contributed by atoms with van der Waals surface area (Å²) in [6, 6.07) is 0. The Morgan fingerprint density at radius 1 is 1.54 bits per heavy atom. The fourth-order valence-electron chi connectivity index (χ4n) is 1.33. The van der Waals surface area contributed by atoms with Gasteiger partial charge < -0.3 is 0 Å². The Kier molecular flexibility index (Phi) is 3.29.